The van der Waals surface area contributed by atoms with Gasteiger partial charge in [0.25, 0.3) is 0 Å². The Morgan fingerprint density at radius 1 is 0.414 bits per heavy atom. The minimum Gasteiger partial charge on any atom is -0.496 e. The number of esters is 3. The first-order chi connectivity index (χ1) is 27.7. The van der Waals surface area contributed by atoms with Crippen LogP contribution in [0.2, 0.25) is 0 Å². The third-order valence-corrected chi connectivity index (χ3v) is 10.5. The second kappa shape index (κ2) is 17.6. The number of rotatable bonds is 12. The molecule has 0 fully saturated rings. The SMILES string of the molecule is COc1ccc(C(C)c2ccc(OC(=O)c3ccc(C(=O)Oc4ccc(C(C)c5ccc(OC(=O)c6cccc(C(C)=O)c6)c(C)c5)cc4C)cc3)c(C)c2)cc1C. The van der Waals surface area contributed by atoms with Crippen LogP contribution in [-0.4, -0.2) is 30.8 Å². The molecule has 0 N–H and O–H groups in total. The molecule has 0 aromatic heterocycles. The monoisotopic (exact) mass is 774 g/mol. The van der Waals surface area contributed by atoms with Gasteiger partial charge in [-0.1, -0.05) is 74.5 Å². The zero-order valence-electron chi connectivity index (χ0n) is 34.0. The number of carbonyl (C=O) groups excluding carboxylic acids is 4. The van der Waals surface area contributed by atoms with Gasteiger partial charge in [-0.15, -0.1) is 0 Å². The van der Waals surface area contributed by atoms with Gasteiger partial charge in [0.1, 0.15) is 23.0 Å². The summed E-state index contributed by atoms with van der Waals surface area (Å²) in [5.41, 5.74) is 9.10. The fourth-order valence-electron chi connectivity index (χ4n) is 6.81. The van der Waals surface area contributed by atoms with Crippen molar-refractivity contribution in [2.45, 2.75) is 60.3 Å². The van der Waals surface area contributed by atoms with Gasteiger partial charge in [0.05, 0.1) is 23.8 Å². The van der Waals surface area contributed by atoms with Crippen molar-refractivity contribution in [1.82, 2.24) is 0 Å². The minimum absolute atomic E-state index is 0.0135. The van der Waals surface area contributed by atoms with Gasteiger partial charge in [-0.2, -0.15) is 0 Å². The molecule has 0 amide bonds. The summed E-state index contributed by atoms with van der Waals surface area (Å²) in [6.07, 6.45) is 0. The Balaban J connectivity index is 1.05. The molecule has 0 heterocycles. The van der Waals surface area contributed by atoms with E-state index in [1.165, 1.54) is 13.0 Å². The van der Waals surface area contributed by atoms with E-state index < -0.39 is 17.9 Å². The topological polar surface area (TPSA) is 105 Å². The number of hydrogen-bond donors (Lipinski definition) is 0. The van der Waals surface area contributed by atoms with Crippen LogP contribution in [0.5, 0.6) is 23.0 Å². The van der Waals surface area contributed by atoms with Crippen molar-refractivity contribution in [2.24, 2.45) is 0 Å². The van der Waals surface area contributed by atoms with E-state index in [1.54, 1.807) is 61.7 Å². The second-order valence-electron chi connectivity index (χ2n) is 14.6. The number of benzene rings is 6. The van der Waals surface area contributed by atoms with Gasteiger partial charge in [-0.3, -0.25) is 4.79 Å². The molecule has 0 bridgehead atoms. The van der Waals surface area contributed by atoms with Crippen LogP contribution in [-0.2, 0) is 0 Å². The fourth-order valence-corrected chi connectivity index (χ4v) is 6.81. The summed E-state index contributed by atoms with van der Waals surface area (Å²) in [7, 11) is 1.66. The Morgan fingerprint density at radius 2 is 0.741 bits per heavy atom. The highest BCUT2D eigenvalue weighted by Gasteiger charge is 2.19. The summed E-state index contributed by atoms with van der Waals surface area (Å²) in [5, 5.41) is 0. The van der Waals surface area contributed by atoms with Crippen molar-refractivity contribution < 1.29 is 38.1 Å². The molecule has 0 saturated carbocycles. The smallest absolute Gasteiger partial charge is 0.343 e. The second-order valence-corrected chi connectivity index (χ2v) is 14.6. The molecule has 0 saturated heterocycles. The third-order valence-electron chi connectivity index (χ3n) is 10.5. The summed E-state index contributed by atoms with van der Waals surface area (Å²) < 4.78 is 22.6. The summed E-state index contributed by atoms with van der Waals surface area (Å²) >= 11 is 0. The number of ketones is 1. The van der Waals surface area contributed by atoms with Crippen molar-refractivity contribution in [3.63, 3.8) is 0 Å². The quantitative estimate of drug-likeness (QED) is 0.0687. The number of carbonyl (C=O) groups is 4. The summed E-state index contributed by atoms with van der Waals surface area (Å²) in [4.78, 5) is 50.8. The van der Waals surface area contributed by atoms with E-state index in [2.05, 4.69) is 26.0 Å². The predicted octanol–water partition coefficient (Wildman–Crippen LogP) is 11.1. The lowest BCUT2D eigenvalue weighted by Crippen LogP contribution is -2.12. The van der Waals surface area contributed by atoms with Gasteiger partial charge in [0.2, 0.25) is 0 Å². The van der Waals surface area contributed by atoms with Crippen molar-refractivity contribution in [3.05, 3.63) is 188 Å². The molecule has 58 heavy (non-hydrogen) atoms. The maximum atomic E-state index is 13.2. The van der Waals surface area contributed by atoms with Crippen LogP contribution in [0.3, 0.4) is 0 Å². The molecular formula is C50H46O8. The molecule has 0 aliphatic heterocycles. The van der Waals surface area contributed by atoms with Gasteiger partial charge in [0, 0.05) is 17.4 Å². The first kappa shape index (κ1) is 40.9. The average molecular weight is 775 g/mol. The lowest BCUT2D eigenvalue weighted by Gasteiger charge is -2.17. The Morgan fingerprint density at radius 3 is 1.07 bits per heavy atom. The number of methoxy groups -OCH3 is 1. The summed E-state index contributed by atoms with van der Waals surface area (Å²) in [6.45, 7) is 13.3. The molecule has 294 valence electrons. The third kappa shape index (κ3) is 9.24. The number of aryl methyl sites for hydroxylation is 4. The number of Topliss-reactive ketones (excluding diaryl/α,β-unsaturated/α-hetero) is 1. The van der Waals surface area contributed by atoms with Crippen LogP contribution in [0.1, 0.15) is 119 Å². The van der Waals surface area contributed by atoms with Crippen LogP contribution >= 0.6 is 0 Å². The average Bonchev–Trinajstić information content (AvgIpc) is 3.22. The van der Waals surface area contributed by atoms with Gasteiger partial charge in [-0.25, -0.2) is 14.4 Å². The molecule has 2 atom stereocenters. The first-order valence-corrected chi connectivity index (χ1v) is 19.1. The van der Waals surface area contributed by atoms with Crippen molar-refractivity contribution in [2.75, 3.05) is 7.11 Å². The van der Waals surface area contributed by atoms with Crippen LogP contribution in [0.25, 0.3) is 0 Å². The van der Waals surface area contributed by atoms with E-state index in [9.17, 15) is 19.2 Å². The Kier molecular flexibility index (Phi) is 12.4. The molecule has 0 spiro atoms. The maximum absolute atomic E-state index is 13.2. The molecule has 0 aliphatic carbocycles. The van der Waals surface area contributed by atoms with E-state index in [-0.39, 0.29) is 17.6 Å². The molecule has 8 nitrogen and oxygen atoms in total. The van der Waals surface area contributed by atoms with Crippen LogP contribution < -0.4 is 18.9 Å². The lowest BCUT2D eigenvalue weighted by molar-refractivity contribution is 0.0719. The fraction of sp³-hybridized carbons (Fsp3) is 0.200. The zero-order chi connectivity index (χ0) is 41.7. The molecule has 0 aliphatic rings. The lowest BCUT2D eigenvalue weighted by atomic mass is 9.91. The number of hydrogen-bond acceptors (Lipinski definition) is 8. The highest BCUT2D eigenvalue weighted by Crippen LogP contribution is 2.33. The molecular weight excluding hydrogens is 729 g/mol. The highest BCUT2D eigenvalue weighted by atomic mass is 16.5. The molecule has 8 heteroatoms. The minimum atomic E-state index is -0.551. The number of ether oxygens (including phenoxy) is 4. The van der Waals surface area contributed by atoms with Gasteiger partial charge < -0.3 is 18.9 Å². The normalized spacial score (nSPS) is 11.9. The van der Waals surface area contributed by atoms with E-state index in [1.807, 2.05) is 76.2 Å². The van der Waals surface area contributed by atoms with E-state index in [4.69, 9.17) is 18.9 Å². The van der Waals surface area contributed by atoms with E-state index >= 15 is 0 Å². The van der Waals surface area contributed by atoms with Gasteiger partial charge >= 0.3 is 17.9 Å². The first-order valence-electron chi connectivity index (χ1n) is 19.1. The van der Waals surface area contributed by atoms with Crippen molar-refractivity contribution in [3.8, 4) is 23.0 Å². The van der Waals surface area contributed by atoms with Crippen LogP contribution in [0, 0.1) is 27.7 Å². The molecule has 6 aromatic rings. The molecule has 6 rings (SSSR count). The Bertz CT molecular complexity index is 2530. The molecule has 0 radical (unpaired) electrons. The molecule has 2 unspecified atom stereocenters. The van der Waals surface area contributed by atoms with Crippen LogP contribution in [0.15, 0.2) is 121 Å². The molecule has 6 aromatic carbocycles. The largest absolute Gasteiger partial charge is 0.496 e. The summed E-state index contributed by atoms with van der Waals surface area (Å²) in [5.74, 6) is 0.543. The van der Waals surface area contributed by atoms with E-state index in [0.29, 0.717) is 39.5 Å². The standard InChI is InChI=1S/C50H46O8/c1-29-24-38(16-20-44(29)55-8)33(5)39-17-21-45(30(2)25-39)56-48(52)36-12-14-37(15-13-36)49(53)57-46-22-18-40(26-31(46)3)34(6)41-19-23-47(32(4)27-41)58-50(54)43-11-9-10-42(28-43)35(7)51/h9-28,33-34H,1-8H3. The zero-order valence-corrected chi connectivity index (χ0v) is 34.0. The Labute approximate surface area is 339 Å². The highest BCUT2D eigenvalue weighted by molar-refractivity contribution is 5.98. The maximum Gasteiger partial charge on any atom is 0.343 e. The van der Waals surface area contributed by atoms with Crippen molar-refractivity contribution in [1.29, 1.82) is 0 Å². The van der Waals surface area contributed by atoms with Gasteiger partial charge in [-0.05, 0) is 140 Å². The predicted molar refractivity (Wildman–Crippen MR) is 224 cm³/mol. The van der Waals surface area contributed by atoms with Gasteiger partial charge in [0.15, 0.2) is 5.78 Å². The van der Waals surface area contributed by atoms with E-state index in [0.717, 1.165) is 50.3 Å². The Hall–Kier alpha value is -6.80. The van der Waals surface area contributed by atoms with Crippen LogP contribution in [0.4, 0.5) is 0 Å². The summed E-state index contributed by atoms with van der Waals surface area (Å²) in [6, 6.07) is 36.0. The van der Waals surface area contributed by atoms with Crippen molar-refractivity contribution >= 4 is 23.7 Å².